The Morgan fingerprint density at radius 2 is 2.00 bits per heavy atom. The van der Waals surface area contributed by atoms with Gasteiger partial charge in [-0.2, -0.15) is 0 Å². The minimum atomic E-state index is 0.240. The number of benzene rings is 2. The molecule has 118 valence electrons. The molecule has 0 unspecified atom stereocenters. The van der Waals surface area contributed by atoms with Crippen LogP contribution in [0.15, 0.2) is 55.0 Å². The molecule has 2 heterocycles. The van der Waals surface area contributed by atoms with Gasteiger partial charge < -0.3 is 10.4 Å². The molecule has 2 aromatic heterocycles. The Hall–Kier alpha value is -3.08. The largest absolute Gasteiger partial charge is 0.507 e. The summed E-state index contributed by atoms with van der Waals surface area (Å²) in [6.45, 7) is 0. The lowest BCUT2D eigenvalue weighted by Gasteiger charge is -2.11. The molecule has 0 bridgehead atoms. The summed E-state index contributed by atoms with van der Waals surface area (Å²) >= 11 is 0. The highest BCUT2D eigenvalue weighted by molar-refractivity contribution is 6.01. The molecule has 0 radical (unpaired) electrons. The molecule has 5 nitrogen and oxygen atoms in total. The van der Waals surface area contributed by atoms with E-state index in [0.717, 1.165) is 33.5 Å². The van der Waals surface area contributed by atoms with Gasteiger partial charge in [-0.3, -0.25) is 9.38 Å². The van der Waals surface area contributed by atoms with Gasteiger partial charge in [-0.15, -0.1) is 0 Å². The summed E-state index contributed by atoms with van der Waals surface area (Å²) in [6.07, 6.45) is 7.72. The molecule has 2 aromatic carbocycles. The average molecular weight is 316 g/mol. The summed E-state index contributed by atoms with van der Waals surface area (Å²) in [7, 11) is 0. The molecule has 5 rings (SSSR count). The highest BCUT2D eigenvalue weighted by Gasteiger charge is 2.26. The summed E-state index contributed by atoms with van der Waals surface area (Å²) < 4.78 is 2.00. The molecule has 0 atom stereocenters. The molecule has 1 aliphatic rings. The minimum Gasteiger partial charge on any atom is -0.507 e. The Morgan fingerprint density at radius 1 is 1.12 bits per heavy atom. The van der Waals surface area contributed by atoms with E-state index >= 15 is 0 Å². The van der Waals surface area contributed by atoms with Gasteiger partial charge in [0.05, 0.1) is 11.8 Å². The third-order valence-electron chi connectivity index (χ3n) is 4.49. The van der Waals surface area contributed by atoms with E-state index in [1.165, 1.54) is 12.8 Å². The number of fused-ring (bicyclic) bond motifs is 2. The fourth-order valence-electron chi connectivity index (χ4n) is 3.15. The van der Waals surface area contributed by atoms with Crippen LogP contribution in [0.1, 0.15) is 12.8 Å². The Labute approximate surface area is 138 Å². The zero-order valence-corrected chi connectivity index (χ0v) is 13.0. The molecule has 1 aliphatic carbocycles. The van der Waals surface area contributed by atoms with Crippen LogP contribution in [-0.4, -0.2) is 25.5 Å². The van der Waals surface area contributed by atoms with Crippen molar-refractivity contribution >= 4 is 22.2 Å². The molecule has 5 heteroatoms. The van der Waals surface area contributed by atoms with Crippen LogP contribution in [-0.2, 0) is 0 Å². The third-order valence-corrected chi connectivity index (χ3v) is 4.49. The van der Waals surface area contributed by atoms with Crippen molar-refractivity contribution in [3.63, 3.8) is 0 Å². The number of rotatable bonds is 3. The van der Waals surface area contributed by atoms with E-state index in [1.807, 2.05) is 40.9 Å². The Bertz CT molecular complexity index is 1070. The molecular formula is C19H16N4O. The van der Waals surface area contributed by atoms with Crippen molar-refractivity contribution in [1.29, 1.82) is 0 Å². The molecule has 4 aromatic rings. The average Bonchev–Trinajstić information content (AvgIpc) is 3.36. The van der Waals surface area contributed by atoms with Gasteiger partial charge in [-0.25, -0.2) is 4.98 Å². The smallest absolute Gasteiger partial charge is 0.157 e. The van der Waals surface area contributed by atoms with E-state index in [9.17, 15) is 5.11 Å². The summed E-state index contributed by atoms with van der Waals surface area (Å²) in [4.78, 5) is 8.92. The normalized spacial score (nSPS) is 14.3. The van der Waals surface area contributed by atoms with Crippen LogP contribution in [0.25, 0.3) is 27.7 Å². The van der Waals surface area contributed by atoms with Crippen molar-refractivity contribution in [3.8, 4) is 17.0 Å². The molecule has 0 amide bonds. The molecule has 2 N–H and O–H groups in total. The van der Waals surface area contributed by atoms with Gasteiger partial charge in [0.15, 0.2) is 5.65 Å². The zero-order chi connectivity index (χ0) is 16.1. The van der Waals surface area contributed by atoms with E-state index < -0.39 is 0 Å². The van der Waals surface area contributed by atoms with E-state index in [4.69, 9.17) is 4.98 Å². The van der Waals surface area contributed by atoms with Gasteiger partial charge in [0.1, 0.15) is 17.3 Å². The first-order valence-corrected chi connectivity index (χ1v) is 8.11. The first kappa shape index (κ1) is 13.4. The quantitative estimate of drug-likeness (QED) is 0.603. The number of phenolic OH excluding ortho intramolecular Hbond substituents is 1. The van der Waals surface area contributed by atoms with Crippen LogP contribution >= 0.6 is 0 Å². The van der Waals surface area contributed by atoms with E-state index in [0.29, 0.717) is 6.04 Å². The van der Waals surface area contributed by atoms with Crippen LogP contribution < -0.4 is 5.32 Å². The SMILES string of the molecule is Oc1ccc2ccccc2c1-c1nc2cnccn2c1NC1CC1. The standard InChI is InChI=1S/C19H16N4O/c24-15-8-5-12-3-1-2-4-14(12)17(15)18-19(21-13-6-7-13)23-10-9-20-11-16(23)22-18/h1-5,8-11,13,21,24H,6-7H2. The van der Waals surface area contributed by atoms with Crippen molar-refractivity contribution in [1.82, 2.24) is 14.4 Å². The predicted octanol–water partition coefficient (Wildman–Crippen LogP) is 3.83. The van der Waals surface area contributed by atoms with Crippen LogP contribution in [0.2, 0.25) is 0 Å². The number of aromatic nitrogens is 3. The second kappa shape index (κ2) is 4.96. The topological polar surface area (TPSA) is 62.5 Å². The van der Waals surface area contributed by atoms with Crippen molar-refractivity contribution in [2.24, 2.45) is 0 Å². The molecular weight excluding hydrogens is 300 g/mol. The van der Waals surface area contributed by atoms with Gasteiger partial charge in [0.25, 0.3) is 0 Å². The van der Waals surface area contributed by atoms with Gasteiger partial charge in [0, 0.05) is 18.4 Å². The van der Waals surface area contributed by atoms with E-state index in [-0.39, 0.29) is 5.75 Å². The number of hydrogen-bond acceptors (Lipinski definition) is 4. The van der Waals surface area contributed by atoms with Gasteiger partial charge in [-0.05, 0) is 29.7 Å². The summed E-state index contributed by atoms with van der Waals surface area (Å²) in [6, 6.07) is 12.2. The van der Waals surface area contributed by atoms with Crippen LogP contribution in [0, 0.1) is 0 Å². The third kappa shape index (κ3) is 2.01. The lowest BCUT2D eigenvalue weighted by Crippen LogP contribution is -2.05. The molecule has 0 saturated heterocycles. The van der Waals surface area contributed by atoms with E-state index in [2.05, 4.69) is 10.3 Å². The van der Waals surface area contributed by atoms with E-state index in [1.54, 1.807) is 18.5 Å². The maximum Gasteiger partial charge on any atom is 0.157 e. The maximum absolute atomic E-state index is 10.6. The Balaban J connectivity index is 1.84. The summed E-state index contributed by atoms with van der Waals surface area (Å²) in [5.74, 6) is 1.16. The predicted molar refractivity (Wildman–Crippen MR) is 94.2 cm³/mol. The molecule has 1 fully saturated rings. The number of anilines is 1. The zero-order valence-electron chi connectivity index (χ0n) is 13.0. The Kier molecular flexibility index (Phi) is 2.76. The van der Waals surface area contributed by atoms with Crippen molar-refractivity contribution < 1.29 is 5.11 Å². The first-order chi connectivity index (χ1) is 11.8. The monoisotopic (exact) mass is 316 g/mol. The number of phenols is 1. The maximum atomic E-state index is 10.6. The summed E-state index contributed by atoms with van der Waals surface area (Å²) in [5.41, 5.74) is 2.30. The number of nitrogens with one attached hydrogen (secondary N) is 1. The van der Waals surface area contributed by atoms with Gasteiger partial charge >= 0.3 is 0 Å². The minimum absolute atomic E-state index is 0.240. The second-order valence-corrected chi connectivity index (χ2v) is 6.21. The number of hydrogen-bond donors (Lipinski definition) is 2. The Morgan fingerprint density at radius 3 is 2.88 bits per heavy atom. The fourth-order valence-corrected chi connectivity index (χ4v) is 3.15. The fraction of sp³-hybridized carbons (Fsp3) is 0.158. The summed E-state index contributed by atoms with van der Waals surface area (Å²) in [5, 5.41) is 16.2. The first-order valence-electron chi connectivity index (χ1n) is 8.11. The highest BCUT2D eigenvalue weighted by Crippen LogP contribution is 2.41. The van der Waals surface area contributed by atoms with Crippen molar-refractivity contribution in [3.05, 3.63) is 55.0 Å². The number of nitrogens with zero attached hydrogens (tertiary/aromatic N) is 3. The molecule has 24 heavy (non-hydrogen) atoms. The van der Waals surface area contributed by atoms with Crippen LogP contribution in [0.4, 0.5) is 5.82 Å². The van der Waals surface area contributed by atoms with Crippen molar-refractivity contribution in [2.75, 3.05) is 5.32 Å². The molecule has 0 spiro atoms. The number of aromatic hydroxyl groups is 1. The molecule has 1 saturated carbocycles. The van der Waals surface area contributed by atoms with Crippen molar-refractivity contribution in [2.45, 2.75) is 18.9 Å². The molecule has 0 aliphatic heterocycles. The van der Waals surface area contributed by atoms with Gasteiger partial charge in [0.2, 0.25) is 0 Å². The highest BCUT2D eigenvalue weighted by atomic mass is 16.3. The van der Waals surface area contributed by atoms with Crippen LogP contribution in [0.5, 0.6) is 5.75 Å². The second-order valence-electron chi connectivity index (χ2n) is 6.21. The van der Waals surface area contributed by atoms with Gasteiger partial charge in [-0.1, -0.05) is 30.3 Å². The van der Waals surface area contributed by atoms with Crippen LogP contribution in [0.3, 0.4) is 0 Å². The number of imidazole rings is 1. The lowest BCUT2D eigenvalue weighted by molar-refractivity contribution is 0.478. The lowest BCUT2D eigenvalue weighted by atomic mass is 10.0.